The molecule has 3 N–H and O–H groups in total. The van der Waals surface area contributed by atoms with Gasteiger partial charge in [0.2, 0.25) is 0 Å². The number of nitrogens with one attached hydrogen (secondary N) is 1. The second-order valence-electron chi connectivity index (χ2n) is 7.76. The number of carbonyl (C=O) groups excluding carboxylic acids is 4. The molecule has 1 aliphatic rings. The van der Waals surface area contributed by atoms with Crippen molar-refractivity contribution < 1.29 is 28.8 Å². The zero-order valence-electron chi connectivity index (χ0n) is 18.6. The lowest BCUT2D eigenvalue weighted by atomic mass is 9.75. The van der Waals surface area contributed by atoms with Gasteiger partial charge in [-0.05, 0) is 37.5 Å². The van der Waals surface area contributed by atoms with Crippen molar-refractivity contribution in [3.05, 3.63) is 76.4 Å². The van der Waals surface area contributed by atoms with Gasteiger partial charge in [0.15, 0.2) is 11.6 Å². The van der Waals surface area contributed by atoms with E-state index in [1.54, 1.807) is 38.3 Å². The lowest BCUT2D eigenvalue weighted by molar-refractivity contribution is -0.129. The molecule has 0 heterocycles. The minimum Gasteiger partial charge on any atom is -0.497 e. The van der Waals surface area contributed by atoms with Gasteiger partial charge in [0.1, 0.15) is 5.75 Å². The van der Waals surface area contributed by atoms with Crippen LogP contribution >= 0.6 is 0 Å². The topological polar surface area (TPSA) is 125 Å². The van der Waals surface area contributed by atoms with E-state index in [2.05, 4.69) is 4.84 Å². The molecule has 2 amide bonds. The minimum absolute atomic E-state index is 0.121. The maximum Gasteiger partial charge on any atom is 0.428 e. The Morgan fingerprint density at radius 3 is 2.21 bits per heavy atom. The molecule has 0 saturated heterocycles. The first-order valence-electron chi connectivity index (χ1n) is 10.6. The highest BCUT2D eigenvalue weighted by atomic mass is 16.7. The van der Waals surface area contributed by atoms with Gasteiger partial charge in [0.25, 0.3) is 5.91 Å². The van der Waals surface area contributed by atoms with Crippen molar-refractivity contribution >= 4 is 23.6 Å². The second-order valence-corrected chi connectivity index (χ2v) is 7.76. The first-order valence-corrected chi connectivity index (χ1v) is 10.6. The predicted octanol–water partition coefficient (Wildman–Crippen LogP) is 3.86. The maximum absolute atomic E-state index is 13.4. The van der Waals surface area contributed by atoms with Gasteiger partial charge in [-0.15, -0.1) is 0 Å². The number of carbonyl (C=O) groups is 4. The molecule has 1 unspecified atom stereocenters. The normalized spacial score (nSPS) is 13.9. The van der Waals surface area contributed by atoms with E-state index in [1.807, 2.05) is 29.7 Å². The first kappa shape index (κ1) is 23.7. The number of Topliss-reactive ketones (excluding diaryl/α,β-unsaturated/α-hetero) is 2. The van der Waals surface area contributed by atoms with Crippen molar-refractivity contribution in [2.75, 3.05) is 7.11 Å². The van der Waals surface area contributed by atoms with Crippen LogP contribution in [-0.4, -0.2) is 30.7 Å². The lowest BCUT2D eigenvalue weighted by Crippen LogP contribution is -2.29. The van der Waals surface area contributed by atoms with Crippen LogP contribution in [-0.2, 0) is 9.63 Å². The van der Waals surface area contributed by atoms with E-state index in [1.165, 1.54) is 0 Å². The largest absolute Gasteiger partial charge is 0.497 e. The van der Waals surface area contributed by atoms with Gasteiger partial charge in [-0.3, -0.25) is 14.4 Å². The van der Waals surface area contributed by atoms with Crippen LogP contribution in [0.15, 0.2) is 59.7 Å². The Bertz CT molecular complexity index is 1100. The molecule has 33 heavy (non-hydrogen) atoms. The molecule has 0 spiro atoms. The molecular weight excluding hydrogens is 424 g/mol. The van der Waals surface area contributed by atoms with E-state index >= 15 is 0 Å². The minimum atomic E-state index is -1.09. The van der Waals surface area contributed by atoms with Crippen LogP contribution in [0.5, 0.6) is 5.75 Å². The zero-order valence-corrected chi connectivity index (χ0v) is 18.6. The molecule has 0 fully saturated rings. The number of allylic oxidation sites excluding steroid dienone is 2. The summed E-state index contributed by atoms with van der Waals surface area (Å²) in [4.78, 5) is 53.1. The third-order valence-corrected chi connectivity index (χ3v) is 5.68. The Morgan fingerprint density at radius 2 is 1.61 bits per heavy atom. The van der Waals surface area contributed by atoms with Crippen LogP contribution in [0.3, 0.4) is 0 Å². The Balaban J connectivity index is 1.84. The van der Waals surface area contributed by atoms with Crippen molar-refractivity contribution in [1.82, 2.24) is 5.48 Å². The zero-order chi connectivity index (χ0) is 24.0. The molecule has 3 rings (SSSR count). The molecule has 0 aromatic heterocycles. The van der Waals surface area contributed by atoms with Crippen molar-refractivity contribution in [1.29, 1.82) is 0 Å². The van der Waals surface area contributed by atoms with Gasteiger partial charge in [0, 0.05) is 34.6 Å². The Kier molecular flexibility index (Phi) is 7.61. The van der Waals surface area contributed by atoms with Crippen molar-refractivity contribution in [3.63, 3.8) is 0 Å². The van der Waals surface area contributed by atoms with Crippen molar-refractivity contribution in [2.24, 2.45) is 5.73 Å². The average molecular weight is 450 g/mol. The van der Waals surface area contributed by atoms with E-state index in [-0.39, 0.29) is 23.9 Å². The molecule has 1 atom stereocenters. The summed E-state index contributed by atoms with van der Waals surface area (Å²) < 4.78 is 5.24. The number of hydrogen-bond acceptors (Lipinski definition) is 6. The van der Waals surface area contributed by atoms with Crippen LogP contribution in [0.25, 0.3) is 0 Å². The first-order chi connectivity index (χ1) is 15.8. The van der Waals surface area contributed by atoms with E-state index in [0.29, 0.717) is 47.3 Å². The Hall–Kier alpha value is -3.94. The van der Waals surface area contributed by atoms with E-state index in [4.69, 9.17) is 10.5 Å². The highest BCUT2D eigenvalue weighted by Gasteiger charge is 2.34. The number of ether oxygens (including phenoxy) is 1. The maximum atomic E-state index is 13.4. The SMILES string of the molecule is COc1ccc(C(CCCCC(=O)NOC(N)=O)C2=C(C)C(=O)c3ccccc3C2=O)cc1. The van der Waals surface area contributed by atoms with E-state index in [0.717, 1.165) is 5.56 Å². The summed E-state index contributed by atoms with van der Waals surface area (Å²) in [6.45, 7) is 1.69. The van der Waals surface area contributed by atoms with Crippen molar-refractivity contribution in [3.8, 4) is 5.75 Å². The van der Waals surface area contributed by atoms with Crippen LogP contribution in [0.2, 0.25) is 0 Å². The number of hydrogen-bond donors (Lipinski definition) is 2. The monoisotopic (exact) mass is 450 g/mol. The standard InChI is InChI=1S/C25H26N2O6/c1-15-22(24(30)20-9-4-3-8-19(20)23(15)29)18(16-11-13-17(32-2)14-12-16)7-5-6-10-21(28)27-33-25(26)31/h3-4,8-9,11-14,18H,5-7,10H2,1-2H3,(H2,26,31)(H,27,28). The number of fused-ring (bicyclic) bond motifs is 1. The highest BCUT2D eigenvalue weighted by molar-refractivity contribution is 6.27. The summed E-state index contributed by atoms with van der Waals surface area (Å²) in [5.74, 6) is -0.419. The summed E-state index contributed by atoms with van der Waals surface area (Å²) >= 11 is 0. The lowest BCUT2D eigenvalue weighted by Gasteiger charge is -2.26. The van der Waals surface area contributed by atoms with Crippen LogP contribution in [0.4, 0.5) is 4.79 Å². The summed E-state index contributed by atoms with van der Waals surface area (Å²) in [5, 5.41) is 0. The molecular formula is C25H26N2O6. The number of methoxy groups -OCH3 is 1. The second kappa shape index (κ2) is 10.6. The van der Waals surface area contributed by atoms with Crippen LogP contribution in [0, 0.1) is 0 Å². The third kappa shape index (κ3) is 5.46. The number of unbranched alkanes of at least 4 members (excludes halogenated alkanes) is 1. The summed E-state index contributed by atoms with van der Waals surface area (Å²) in [6, 6.07) is 14.2. The number of benzene rings is 2. The smallest absolute Gasteiger partial charge is 0.428 e. The number of primary amides is 1. The number of ketones is 2. The van der Waals surface area contributed by atoms with Gasteiger partial charge in [-0.1, -0.05) is 42.8 Å². The van der Waals surface area contributed by atoms with Gasteiger partial charge in [-0.2, -0.15) is 5.48 Å². The van der Waals surface area contributed by atoms with E-state index in [9.17, 15) is 19.2 Å². The van der Waals surface area contributed by atoms with Gasteiger partial charge in [0.05, 0.1) is 7.11 Å². The Labute approximate surface area is 191 Å². The fraction of sp³-hybridized carbons (Fsp3) is 0.280. The summed E-state index contributed by atoms with van der Waals surface area (Å²) in [6.07, 6.45) is 0.665. The number of rotatable bonds is 8. The molecule has 1 aliphatic carbocycles. The molecule has 0 bridgehead atoms. The predicted molar refractivity (Wildman–Crippen MR) is 121 cm³/mol. The van der Waals surface area contributed by atoms with Gasteiger partial charge < -0.3 is 15.3 Å². The van der Waals surface area contributed by atoms with Gasteiger partial charge >= 0.3 is 6.09 Å². The summed E-state index contributed by atoms with van der Waals surface area (Å²) in [7, 11) is 1.58. The Morgan fingerprint density at radius 1 is 0.970 bits per heavy atom. The quantitative estimate of drug-likeness (QED) is 0.465. The molecule has 0 saturated carbocycles. The highest BCUT2D eigenvalue weighted by Crippen LogP contribution is 2.38. The molecule has 8 nitrogen and oxygen atoms in total. The molecule has 2 aromatic rings. The molecule has 0 radical (unpaired) electrons. The van der Waals surface area contributed by atoms with Gasteiger partial charge in [-0.25, -0.2) is 4.79 Å². The molecule has 8 heteroatoms. The number of nitrogens with two attached hydrogens (primary N) is 1. The van der Waals surface area contributed by atoms with Crippen molar-refractivity contribution in [2.45, 2.75) is 38.5 Å². The summed E-state index contributed by atoms with van der Waals surface area (Å²) in [5.41, 5.74) is 9.42. The fourth-order valence-electron chi connectivity index (χ4n) is 4.04. The van der Waals surface area contributed by atoms with Crippen LogP contribution < -0.4 is 16.0 Å². The van der Waals surface area contributed by atoms with E-state index < -0.39 is 12.0 Å². The molecule has 2 aromatic carbocycles. The third-order valence-electron chi connectivity index (χ3n) is 5.68. The number of amides is 2. The fourth-order valence-corrected chi connectivity index (χ4v) is 4.04. The van der Waals surface area contributed by atoms with Crippen LogP contribution in [0.1, 0.15) is 64.8 Å². The number of hydroxylamine groups is 1. The average Bonchev–Trinajstić information content (AvgIpc) is 2.83. The molecule has 0 aliphatic heterocycles. The molecule has 172 valence electrons.